The highest BCUT2D eigenvalue weighted by Crippen LogP contribution is 2.46. The molecule has 1 aliphatic carbocycles. The van der Waals surface area contributed by atoms with Gasteiger partial charge in [-0.25, -0.2) is 9.18 Å². The van der Waals surface area contributed by atoms with E-state index in [1.807, 2.05) is 29.2 Å². The van der Waals surface area contributed by atoms with Crippen LogP contribution in [0.1, 0.15) is 108 Å². The summed E-state index contributed by atoms with van der Waals surface area (Å²) in [5.74, 6) is 0.619. The quantitative estimate of drug-likeness (QED) is 0.111. The summed E-state index contributed by atoms with van der Waals surface area (Å²) in [5.41, 5.74) is 25.3. The van der Waals surface area contributed by atoms with Crippen molar-refractivity contribution in [2.75, 3.05) is 57.3 Å². The number of carbonyl (C=O) groups is 3. The van der Waals surface area contributed by atoms with Crippen molar-refractivity contribution >= 4 is 40.1 Å². The fraction of sp³-hybridized carbons (Fsp3) is 0.449. The second-order valence-corrected chi connectivity index (χ2v) is 18.5. The van der Waals surface area contributed by atoms with Crippen molar-refractivity contribution in [3.8, 4) is 5.75 Å². The van der Waals surface area contributed by atoms with Crippen molar-refractivity contribution in [2.24, 2.45) is 17.2 Å². The van der Waals surface area contributed by atoms with E-state index in [4.69, 9.17) is 17.2 Å². The molecule has 1 atom stereocenters. The number of urea groups is 1. The minimum absolute atomic E-state index is 0.0295. The number of benzene rings is 3. The number of imide groups is 1. The topological polar surface area (TPSA) is 179 Å². The van der Waals surface area contributed by atoms with Crippen LogP contribution in [-0.4, -0.2) is 100 Å². The monoisotopic (exact) mass is 857 g/mol. The molecule has 1 unspecified atom stereocenters. The normalized spacial score (nSPS) is 21.5. The molecule has 14 heteroatoms. The zero-order valence-electron chi connectivity index (χ0n) is 36.2. The van der Waals surface area contributed by atoms with Gasteiger partial charge in [0.2, 0.25) is 5.91 Å². The van der Waals surface area contributed by atoms with Crippen molar-refractivity contribution in [2.45, 2.75) is 88.3 Å². The molecular weight excluding hydrogens is 798 g/mol. The zero-order chi connectivity index (χ0) is 44.0. The molecule has 0 spiro atoms. The van der Waals surface area contributed by atoms with E-state index in [1.54, 1.807) is 29.2 Å². The third-order valence-electron chi connectivity index (χ3n) is 14.1. The van der Waals surface area contributed by atoms with Crippen molar-refractivity contribution < 1.29 is 23.9 Å². The number of rotatable bonds is 10. The lowest BCUT2D eigenvalue weighted by Gasteiger charge is -2.41. The van der Waals surface area contributed by atoms with Crippen LogP contribution >= 0.6 is 0 Å². The third kappa shape index (κ3) is 8.82. The smallest absolute Gasteiger partial charge is 0.328 e. The van der Waals surface area contributed by atoms with Gasteiger partial charge in [0.05, 0.1) is 5.70 Å². The molecule has 4 amide bonds. The van der Waals surface area contributed by atoms with Gasteiger partial charge in [-0.3, -0.25) is 19.8 Å². The number of likely N-dealkylation sites (tertiary alicyclic amines) is 3. The zero-order valence-corrected chi connectivity index (χ0v) is 36.2. The number of nitrogens with one attached hydrogen (secondary N) is 1. The predicted molar refractivity (Wildman–Crippen MR) is 244 cm³/mol. The summed E-state index contributed by atoms with van der Waals surface area (Å²) < 4.78 is 18.9. The average molecular weight is 858 g/mol. The lowest BCUT2D eigenvalue weighted by molar-refractivity contribution is -0.120. The Balaban J connectivity index is 0.801. The Kier molecular flexibility index (Phi) is 11.6. The van der Waals surface area contributed by atoms with Gasteiger partial charge in [0, 0.05) is 123 Å². The number of aromatic nitrogens is 1. The van der Waals surface area contributed by atoms with Crippen LogP contribution in [0.15, 0.2) is 84.5 Å². The summed E-state index contributed by atoms with van der Waals surface area (Å²) in [6, 6.07) is 19.1. The van der Waals surface area contributed by atoms with Gasteiger partial charge < -0.3 is 41.6 Å². The van der Waals surface area contributed by atoms with Crippen molar-refractivity contribution in [1.82, 2.24) is 24.6 Å². The van der Waals surface area contributed by atoms with Crippen LogP contribution < -0.4 is 27.4 Å². The number of nitrogens with zero attached hydrogens (tertiary/aromatic N) is 5. The number of alkyl halides is 1. The number of halogens is 1. The van der Waals surface area contributed by atoms with Gasteiger partial charge in [0.1, 0.15) is 17.2 Å². The molecule has 332 valence electrons. The van der Waals surface area contributed by atoms with E-state index in [1.165, 1.54) is 11.1 Å². The van der Waals surface area contributed by atoms with Crippen LogP contribution in [0, 0.1) is 6.92 Å². The number of phenols is 1. The molecular formula is C49H60FN9O4. The number of hydrogen-bond donors (Lipinski definition) is 5. The van der Waals surface area contributed by atoms with E-state index in [0.29, 0.717) is 74.0 Å². The molecule has 9 rings (SSSR count). The number of hydrogen-bond acceptors (Lipinski definition) is 9. The number of aryl methyl sites for hydroxylation is 1. The Morgan fingerprint density at radius 2 is 1.63 bits per heavy atom. The van der Waals surface area contributed by atoms with E-state index in [-0.39, 0.29) is 47.8 Å². The summed E-state index contributed by atoms with van der Waals surface area (Å²) in [5, 5.41) is 13.9. The van der Waals surface area contributed by atoms with Crippen LogP contribution in [0.5, 0.6) is 5.75 Å². The highest BCUT2D eigenvalue weighted by Gasteiger charge is 2.39. The molecule has 0 radical (unpaired) electrons. The van der Waals surface area contributed by atoms with Gasteiger partial charge in [0.25, 0.3) is 5.91 Å². The molecule has 1 aromatic heterocycles. The first-order valence-corrected chi connectivity index (χ1v) is 22.7. The first kappa shape index (κ1) is 42.3. The van der Waals surface area contributed by atoms with E-state index >= 15 is 4.39 Å². The van der Waals surface area contributed by atoms with Gasteiger partial charge in [-0.1, -0.05) is 18.2 Å². The van der Waals surface area contributed by atoms with Gasteiger partial charge in [-0.15, -0.1) is 0 Å². The second-order valence-electron chi connectivity index (χ2n) is 18.5. The van der Waals surface area contributed by atoms with Crippen molar-refractivity contribution in [3.63, 3.8) is 0 Å². The lowest BCUT2D eigenvalue weighted by Crippen LogP contribution is -2.51. The van der Waals surface area contributed by atoms with E-state index < -0.39 is 5.67 Å². The van der Waals surface area contributed by atoms with Gasteiger partial charge in [0.15, 0.2) is 0 Å². The Morgan fingerprint density at radius 1 is 0.873 bits per heavy atom. The van der Waals surface area contributed by atoms with E-state index in [0.717, 1.165) is 80.3 Å². The van der Waals surface area contributed by atoms with Crippen LogP contribution in [-0.2, 0) is 4.79 Å². The molecule has 0 bridgehead atoms. The highest BCUT2D eigenvalue weighted by molar-refractivity contribution is 6.06. The number of aromatic hydroxyl groups is 1. The largest absolute Gasteiger partial charge is 0.507 e. The molecule has 13 nitrogen and oxygen atoms in total. The number of nitrogens with two attached hydrogens (primary N) is 3. The van der Waals surface area contributed by atoms with Crippen molar-refractivity contribution in [1.29, 1.82) is 0 Å². The number of amides is 4. The number of carbonyl (C=O) groups excluding carboxylic acids is 3. The fourth-order valence-corrected chi connectivity index (χ4v) is 10.5. The summed E-state index contributed by atoms with van der Waals surface area (Å²) in [4.78, 5) is 46.1. The number of fused-ring (bicyclic) bond motifs is 1. The number of phenolic OH excluding ortho intramolecular Hbond substituents is 1. The molecule has 63 heavy (non-hydrogen) atoms. The fourth-order valence-electron chi connectivity index (χ4n) is 10.5. The molecule has 3 aromatic carbocycles. The van der Waals surface area contributed by atoms with Crippen LogP contribution in [0.4, 0.5) is 14.9 Å². The number of allylic oxidation sites excluding steroid dienone is 1. The molecule has 5 fully saturated rings. The highest BCUT2D eigenvalue weighted by atomic mass is 19.1. The maximum Gasteiger partial charge on any atom is 0.328 e. The van der Waals surface area contributed by atoms with E-state index in [9.17, 15) is 19.5 Å². The Labute approximate surface area is 368 Å². The van der Waals surface area contributed by atoms with Gasteiger partial charge >= 0.3 is 6.03 Å². The van der Waals surface area contributed by atoms with Crippen molar-refractivity contribution in [3.05, 3.63) is 112 Å². The molecule has 5 heterocycles. The molecule has 5 aliphatic rings. The molecule has 1 saturated carbocycles. The minimum atomic E-state index is -1.35. The summed E-state index contributed by atoms with van der Waals surface area (Å²) in [6.45, 7) is 6.67. The van der Waals surface area contributed by atoms with Gasteiger partial charge in [-0.2, -0.15) is 0 Å². The maximum atomic E-state index is 16.5. The van der Waals surface area contributed by atoms with Gasteiger partial charge in [-0.05, 0) is 117 Å². The SMILES string of the molecule is Cc1cn(C2CCN(CC3(F)CCN(C(=O)c4ccc(C5CCCN(C(/C=C(\N)c6ccccc6O)=C(N)N)C5)c(C5CC5)c4)CC3)CC2)c2ccc(N3CCC(=O)NC3=O)cc12. The number of piperidine rings is 3. The number of anilines is 1. The van der Waals surface area contributed by atoms with Crippen LogP contribution in [0.3, 0.4) is 0 Å². The van der Waals surface area contributed by atoms with E-state index in [2.05, 4.69) is 51.0 Å². The molecule has 8 N–H and O–H groups in total. The summed E-state index contributed by atoms with van der Waals surface area (Å²) in [7, 11) is 0. The molecule has 4 aromatic rings. The minimum Gasteiger partial charge on any atom is -0.507 e. The predicted octanol–water partition coefficient (Wildman–Crippen LogP) is 6.53. The third-order valence-corrected chi connectivity index (χ3v) is 14.1. The van der Waals surface area contributed by atoms with Crippen LogP contribution in [0.2, 0.25) is 0 Å². The standard InChI is InChI=1S/C49H60FN9O4/c1-31-28-59(42-13-11-36(26-39(31)42)58-22-16-45(61)54-48(58)63)35-14-20-55(21-15-35)30-49(50)17-23-56(24-18-49)47(62)33-10-12-37(40(25-33)32-8-9-32)34-5-4-19-57(29-34)43(46(52)53)27-41(51)38-6-2-3-7-44(38)60/h2-3,6-7,10-13,25-28,32,34-35,60H,4-5,8-9,14-24,29-30,51-53H2,1H3,(H,54,61,63)/b41-27-. The molecule has 4 saturated heterocycles. The average Bonchev–Trinajstić information content (AvgIpc) is 4.08. The van der Waals surface area contributed by atoms with Crippen LogP contribution in [0.25, 0.3) is 16.6 Å². The summed E-state index contributed by atoms with van der Waals surface area (Å²) >= 11 is 0. The Hall–Kier alpha value is -6.02. The second kappa shape index (κ2) is 17.3. The number of para-hydroxylation sites is 1. The maximum absolute atomic E-state index is 16.5. The summed E-state index contributed by atoms with van der Waals surface area (Å²) in [6.07, 6.45) is 10.8. The Morgan fingerprint density at radius 3 is 2.35 bits per heavy atom. The first-order valence-electron chi connectivity index (χ1n) is 22.7. The molecule has 4 aliphatic heterocycles. The Bertz CT molecular complexity index is 2470. The first-order chi connectivity index (χ1) is 30.3. The lowest BCUT2D eigenvalue weighted by atomic mass is 9.84.